The molecule has 0 heteroatoms. The van der Waals surface area contributed by atoms with Crippen LogP contribution in [0.25, 0.3) is 11.1 Å². The molecular weight excluding hydrogens is 613 g/mol. The summed E-state index contributed by atoms with van der Waals surface area (Å²) in [5.74, 6) is 8.83. The molecule has 4 unspecified atom stereocenters. The van der Waals surface area contributed by atoms with E-state index in [1.807, 2.05) is 5.57 Å². The molecule has 0 aromatic heterocycles. The first-order chi connectivity index (χ1) is 24.5. The van der Waals surface area contributed by atoms with E-state index in [1.165, 1.54) is 103 Å². The summed E-state index contributed by atoms with van der Waals surface area (Å²) in [6.07, 6.45) is 26.3. The van der Waals surface area contributed by atoms with Gasteiger partial charge in [-0.25, -0.2) is 0 Å². The Kier molecular flexibility index (Phi) is 6.23. The minimum Gasteiger partial charge on any atom is -0.0625 e. The van der Waals surface area contributed by atoms with Crippen LogP contribution in [0, 0.1) is 64.1 Å². The van der Waals surface area contributed by atoms with Crippen LogP contribution in [0.2, 0.25) is 0 Å². The highest BCUT2D eigenvalue weighted by Gasteiger charge is 2.60. The molecule has 268 valence electrons. The quantitative estimate of drug-likeness (QED) is 0.303. The Balaban J connectivity index is 1.04. The Bertz CT molecular complexity index is 1740. The Labute approximate surface area is 309 Å². The molecule has 0 aliphatic heterocycles. The molecule has 8 bridgehead atoms. The van der Waals surface area contributed by atoms with Crippen LogP contribution >= 0.6 is 0 Å². The van der Waals surface area contributed by atoms with Gasteiger partial charge in [-0.15, -0.1) is 0 Å². The van der Waals surface area contributed by atoms with E-state index in [9.17, 15) is 0 Å². The van der Waals surface area contributed by atoms with Crippen molar-refractivity contribution in [3.05, 3.63) is 81.4 Å². The highest BCUT2D eigenvalue weighted by Crippen LogP contribution is 2.71. The van der Waals surface area contributed by atoms with Crippen molar-refractivity contribution in [2.24, 2.45) is 64.1 Å². The number of allylic oxidation sites excluding steroid dienone is 4. The molecule has 0 N–H and O–H groups in total. The smallest absolute Gasteiger partial charge is 0.0199 e. The fraction of sp³-hybridized carbons (Fsp3) is 0.686. The number of hydrogen-bond donors (Lipinski definition) is 0. The van der Waals surface area contributed by atoms with Gasteiger partial charge in [0.15, 0.2) is 0 Å². The molecule has 9 fully saturated rings. The first-order valence-electron chi connectivity index (χ1n) is 22.2. The molecule has 12 aliphatic rings. The van der Waals surface area contributed by atoms with Gasteiger partial charge in [-0.05, 0) is 205 Å². The highest BCUT2D eigenvalue weighted by molar-refractivity contribution is 5.82. The highest BCUT2D eigenvalue weighted by atomic mass is 14.6. The van der Waals surface area contributed by atoms with Crippen LogP contribution in [0.5, 0.6) is 0 Å². The van der Waals surface area contributed by atoms with Gasteiger partial charge in [0.1, 0.15) is 0 Å². The van der Waals surface area contributed by atoms with Crippen molar-refractivity contribution in [1.82, 2.24) is 0 Å². The van der Waals surface area contributed by atoms with Gasteiger partial charge >= 0.3 is 0 Å². The van der Waals surface area contributed by atoms with Crippen molar-refractivity contribution in [2.75, 3.05) is 0 Å². The van der Waals surface area contributed by atoms with Gasteiger partial charge in [-0.2, -0.15) is 0 Å². The van der Waals surface area contributed by atoms with E-state index in [0.717, 1.165) is 53.3 Å². The Morgan fingerprint density at radius 2 is 1.08 bits per heavy atom. The minimum absolute atomic E-state index is 0.164. The fourth-order valence-corrected chi connectivity index (χ4v) is 17.5. The summed E-state index contributed by atoms with van der Waals surface area (Å²) in [4.78, 5) is 0. The lowest BCUT2D eigenvalue weighted by atomic mass is 9.48. The molecule has 2 aromatic rings. The Morgan fingerprint density at radius 1 is 0.608 bits per heavy atom. The average molecular weight is 677 g/mol. The van der Waals surface area contributed by atoms with Crippen LogP contribution in [0.4, 0.5) is 0 Å². The zero-order valence-corrected chi connectivity index (χ0v) is 32.6. The number of hydrogen-bond acceptors (Lipinski definition) is 0. The second-order valence-corrected chi connectivity index (χ2v) is 22.9. The van der Waals surface area contributed by atoms with Gasteiger partial charge in [0.05, 0.1) is 0 Å². The number of fused-ring (bicyclic) bond motifs is 5. The zero-order chi connectivity index (χ0) is 34.2. The third-order valence-electron chi connectivity index (χ3n) is 18.8. The number of rotatable bonds is 3. The van der Waals surface area contributed by atoms with E-state index in [4.69, 9.17) is 0 Å². The monoisotopic (exact) mass is 677 g/mol. The largest absolute Gasteiger partial charge is 0.0625 e. The lowest BCUT2D eigenvalue weighted by molar-refractivity contribution is -0.00534. The molecule has 14 rings (SSSR count). The van der Waals surface area contributed by atoms with Gasteiger partial charge < -0.3 is 0 Å². The third kappa shape index (κ3) is 4.21. The summed E-state index contributed by atoms with van der Waals surface area (Å²) in [7, 11) is 0. The molecule has 2 aromatic carbocycles. The van der Waals surface area contributed by atoms with Crippen LogP contribution in [0.3, 0.4) is 0 Å². The van der Waals surface area contributed by atoms with Crippen LogP contribution in [-0.4, -0.2) is 0 Å². The molecule has 0 heterocycles. The maximum absolute atomic E-state index is 2.85. The molecule has 9 saturated carbocycles. The van der Waals surface area contributed by atoms with Crippen molar-refractivity contribution in [3.63, 3.8) is 0 Å². The third-order valence-corrected chi connectivity index (χ3v) is 18.8. The average Bonchev–Trinajstić information content (AvgIpc) is 3.73. The summed E-state index contributed by atoms with van der Waals surface area (Å²) in [5.41, 5.74) is 16.9. The van der Waals surface area contributed by atoms with Crippen molar-refractivity contribution < 1.29 is 0 Å². The minimum atomic E-state index is 0.164. The van der Waals surface area contributed by atoms with E-state index in [1.54, 1.807) is 44.5 Å². The summed E-state index contributed by atoms with van der Waals surface area (Å²) in [6.45, 7) is 12.7. The molecule has 12 aliphatic carbocycles. The lowest BCUT2D eigenvalue weighted by Crippen LogP contribution is -2.48. The maximum Gasteiger partial charge on any atom is 0.0199 e. The van der Waals surface area contributed by atoms with Gasteiger partial charge in [0.2, 0.25) is 0 Å². The predicted molar refractivity (Wildman–Crippen MR) is 211 cm³/mol. The van der Waals surface area contributed by atoms with Crippen LogP contribution in [-0.2, 0) is 10.8 Å². The molecule has 0 radical (unpaired) electrons. The molecule has 4 atom stereocenters. The summed E-state index contributed by atoms with van der Waals surface area (Å²) >= 11 is 0. The van der Waals surface area contributed by atoms with Crippen molar-refractivity contribution >= 4 is 0 Å². The van der Waals surface area contributed by atoms with Gasteiger partial charge in [-0.3, -0.25) is 0 Å². The van der Waals surface area contributed by atoms with Crippen molar-refractivity contribution in [1.29, 1.82) is 0 Å². The predicted octanol–water partition coefficient (Wildman–Crippen LogP) is 13.5. The standard InChI is InChI=1S/C51H64/c1-29-6-11-45-43(12-29)44-21-38(48(2,3)4)22-46(44)49(45,5)47-39-9-7-36(50-23-30-13-31(24-50)15-32(14-30)25-50)19-41(39)42-20-37(8-10-40(42)47)51-26-33-16-34(27-51)18-35(17-33)28-51/h7-10,19-20,22,29-35,43,45,47H,6,11-18,21,23-28H2,1-5H3. The molecule has 0 spiro atoms. The first kappa shape index (κ1) is 31.3. The maximum atomic E-state index is 2.85. The van der Waals surface area contributed by atoms with E-state index >= 15 is 0 Å². The molecule has 51 heavy (non-hydrogen) atoms. The van der Waals surface area contributed by atoms with Crippen LogP contribution in [0.1, 0.15) is 166 Å². The van der Waals surface area contributed by atoms with E-state index in [0.29, 0.717) is 16.7 Å². The second-order valence-electron chi connectivity index (χ2n) is 22.9. The SMILES string of the molecule is CC1CCC2C(C1)C1=C(C=C(C(C)(C)C)C1)C2(C)C1c2ccc(C34CC5CC(CC(C5)C3)C4)cc2-c2cc(C34CC5CC(CC(C5)C3)C4)ccc21. The number of benzene rings is 2. The molecule has 0 nitrogen and oxygen atoms in total. The van der Waals surface area contributed by atoms with E-state index in [2.05, 4.69) is 77.1 Å². The second kappa shape index (κ2) is 10.2. The normalized spacial score (nSPS) is 46.7. The molecule has 0 saturated heterocycles. The molecular formula is C51H64. The summed E-state index contributed by atoms with van der Waals surface area (Å²) in [6, 6.07) is 16.6. The van der Waals surface area contributed by atoms with Crippen molar-refractivity contribution in [2.45, 2.75) is 154 Å². The van der Waals surface area contributed by atoms with Gasteiger partial charge in [0.25, 0.3) is 0 Å². The Morgan fingerprint density at radius 3 is 1.53 bits per heavy atom. The zero-order valence-electron chi connectivity index (χ0n) is 32.6. The summed E-state index contributed by atoms with van der Waals surface area (Å²) in [5, 5.41) is 0. The van der Waals surface area contributed by atoms with Crippen LogP contribution in [0.15, 0.2) is 59.2 Å². The van der Waals surface area contributed by atoms with E-state index in [-0.39, 0.29) is 10.8 Å². The first-order valence-corrected chi connectivity index (χ1v) is 22.2. The Hall–Kier alpha value is -2.08. The topological polar surface area (TPSA) is 0 Å². The lowest BCUT2D eigenvalue weighted by Gasteiger charge is -2.57. The van der Waals surface area contributed by atoms with Crippen LogP contribution < -0.4 is 0 Å². The fourth-order valence-electron chi connectivity index (χ4n) is 17.5. The van der Waals surface area contributed by atoms with E-state index < -0.39 is 0 Å². The van der Waals surface area contributed by atoms with Gasteiger partial charge in [-0.1, -0.05) is 94.7 Å². The summed E-state index contributed by atoms with van der Waals surface area (Å²) < 4.78 is 0. The van der Waals surface area contributed by atoms with Gasteiger partial charge in [0, 0.05) is 11.3 Å². The van der Waals surface area contributed by atoms with Crippen molar-refractivity contribution in [3.8, 4) is 11.1 Å². The molecule has 0 amide bonds.